The van der Waals surface area contributed by atoms with Gasteiger partial charge in [0.25, 0.3) is 11.8 Å². The lowest BCUT2D eigenvalue weighted by atomic mass is 9.71. The van der Waals surface area contributed by atoms with Gasteiger partial charge in [-0.3, -0.25) is 4.79 Å². The van der Waals surface area contributed by atoms with Crippen LogP contribution in [0.4, 0.5) is 8.78 Å². The average molecular weight is 649 g/mol. The predicted octanol–water partition coefficient (Wildman–Crippen LogP) is -8.32. The first-order chi connectivity index (χ1) is 20.6. The Bertz CT molecular complexity index is 933. The van der Waals surface area contributed by atoms with Crippen molar-refractivity contribution >= 4 is 5.91 Å². The number of carbonyl (C=O) groups is 1. The number of nitrogens with one attached hydrogen (secondary N) is 2. The summed E-state index contributed by atoms with van der Waals surface area (Å²) in [5, 5.41) is 87.2. The maximum atomic E-state index is 14.0. The minimum Gasteiger partial charge on any atom is -0.395 e. The van der Waals surface area contributed by atoms with Gasteiger partial charge in [0.15, 0.2) is 12.4 Å². The summed E-state index contributed by atoms with van der Waals surface area (Å²) in [5.41, 5.74) is 23.4. The van der Waals surface area contributed by atoms with E-state index in [-0.39, 0.29) is 26.1 Å². The Morgan fingerprint density at radius 3 is 2.20 bits per heavy atom. The second-order valence-corrected chi connectivity index (χ2v) is 11.5. The van der Waals surface area contributed by atoms with Crippen molar-refractivity contribution in [3.05, 3.63) is 0 Å². The third-order valence-corrected chi connectivity index (χ3v) is 8.47. The van der Waals surface area contributed by atoms with E-state index >= 15 is 0 Å². The van der Waals surface area contributed by atoms with Crippen LogP contribution in [-0.4, -0.2) is 177 Å². The lowest BCUT2D eigenvalue weighted by molar-refractivity contribution is -0.307. The summed E-state index contributed by atoms with van der Waals surface area (Å²) in [6.07, 6.45) is -18.4. The monoisotopic (exact) mass is 648 g/mol. The van der Waals surface area contributed by atoms with Crippen LogP contribution in [0.3, 0.4) is 0 Å². The first-order valence-corrected chi connectivity index (χ1v) is 14.2. The molecule has 0 aromatic heterocycles. The SMILES string of the molecule is NCC(F)(F)C(O)C(=O)N[C@@H]1C[C@H](N)C([C@H]2O[C@H](CNCCO)[C@@H](O)[C@H](O)[C@H]2N)[C@H](O)[C@H]1O[C@H]1O[C@H](CO)[C@@H](O)[C@H](N)[C@H]1O. The molecule has 16 atom stereocenters. The van der Waals surface area contributed by atoms with E-state index in [1.165, 1.54) is 0 Å². The summed E-state index contributed by atoms with van der Waals surface area (Å²) in [6, 6.07) is -5.27. The highest BCUT2D eigenvalue weighted by atomic mass is 19.3. The van der Waals surface area contributed by atoms with E-state index in [4.69, 9.17) is 42.3 Å². The molecule has 0 bridgehead atoms. The Morgan fingerprint density at radius 2 is 1.61 bits per heavy atom. The Balaban J connectivity index is 1.93. The molecule has 1 aliphatic carbocycles. The van der Waals surface area contributed by atoms with Crippen molar-refractivity contribution in [1.29, 1.82) is 0 Å². The van der Waals surface area contributed by atoms with Gasteiger partial charge in [-0.25, -0.2) is 8.78 Å². The molecular weight excluding hydrogens is 602 g/mol. The average Bonchev–Trinajstić information content (AvgIpc) is 2.99. The summed E-state index contributed by atoms with van der Waals surface area (Å²) in [7, 11) is 0. The van der Waals surface area contributed by atoms with Crippen LogP contribution in [0, 0.1) is 5.92 Å². The largest absolute Gasteiger partial charge is 0.395 e. The molecule has 18 nitrogen and oxygen atoms in total. The van der Waals surface area contributed by atoms with Crippen LogP contribution in [0.25, 0.3) is 0 Å². The van der Waals surface area contributed by atoms with Crippen LogP contribution < -0.4 is 33.6 Å². The first kappa shape index (κ1) is 37.2. The molecule has 0 radical (unpaired) electrons. The zero-order chi connectivity index (χ0) is 33.1. The molecule has 3 aliphatic rings. The van der Waals surface area contributed by atoms with Crippen LogP contribution in [-0.2, 0) is 19.0 Å². The van der Waals surface area contributed by atoms with Crippen molar-refractivity contribution in [1.82, 2.24) is 10.6 Å². The normalized spacial score (nSPS) is 44.3. The molecular formula is C24H46F2N6O12. The number of halogens is 2. The van der Waals surface area contributed by atoms with Gasteiger partial charge >= 0.3 is 0 Å². The van der Waals surface area contributed by atoms with Gasteiger partial charge in [0.1, 0.15) is 36.6 Å². The van der Waals surface area contributed by atoms with Crippen LogP contribution in [0.2, 0.25) is 0 Å². The number of hydrogen-bond donors (Lipinski definition) is 14. The van der Waals surface area contributed by atoms with Crippen molar-refractivity contribution < 1.29 is 68.6 Å². The van der Waals surface area contributed by atoms with Gasteiger partial charge < -0.3 is 88.6 Å². The maximum Gasteiger partial charge on any atom is 0.294 e. The van der Waals surface area contributed by atoms with Crippen molar-refractivity contribution in [2.45, 2.75) is 104 Å². The topological polar surface area (TPSA) is 335 Å². The van der Waals surface area contributed by atoms with Crippen molar-refractivity contribution in [3.63, 3.8) is 0 Å². The van der Waals surface area contributed by atoms with Gasteiger partial charge in [0, 0.05) is 25.0 Å². The fourth-order valence-electron chi connectivity index (χ4n) is 5.85. The molecule has 20 heteroatoms. The fraction of sp³-hybridized carbons (Fsp3) is 0.958. The van der Waals surface area contributed by atoms with Gasteiger partial charge in [-0.05, 0) is 6.42 Å². The van der Waals surface area contributed by atoms with Gasteiger partial charge in [-0.2, -0.15) is 0 Å². The number of aliphatic hydroxyl groups excluding tert-OH is 8. The number of alkyl halides is 2. The lowest BCUT2D eigenvalue weighted by Crippen LogP contribution is -2.72. The van der Waals surface area contributed by atoms with Gasteiger partial charge in [0.05, 0.1) is 56.2 Å². The molecule has 3 fully saturated rings. The van der Waals surface area contributed by atoms with E-state index in [1.807, 2.05) is 0 Å². The molecule has 1 amide bonds. The molecule has 0 aromatic carbocycles. The number of nitrogens with two attached hydrogens (primary N) is 4. The molecule has 3 rings (SSSR count). The number of amides is 1. The summed E-state index contributed by atoms with van der Waals surface area (Å²) in [6.45, 7) is -2.25. The molecule has 1 saturated carbocycles. The highest BCUT2D eigenvalue weighted by Gasteiger charge is 2.56. The quantitative estimate of drug-likeness (QED) is 0.0873. The highest BCUT2D eigenvalue weighted by molar-refractivity contribution is 5.82. The maximum absolute atomic E-state index is 14.0. The van der Waals surface area contributed by atoms with E-state index in [0.29, 0.717) is 0 Å². The predicted molar refractivity (Wildman–Crippen MR) is 143 cm³/mol. The Labute approximate surface area is 251 Å². The van der Waals surface area contributed by atoms with Crippen LogP contribution in [0.5, 0.6) is 0 Å². The van der Waals surface area contributed by atoms with E-state index < -0.39 is 122 Å². The summed E-state index contributed by atoms with van der Waals surface area (Å²) >= 11 is 0. The smallest absolute Gasteiger partial charge is 0.294 e. The van der Waals surface area contributed by atoms with E-state index in [9.17, 15) is 49.3 Å². The van der Waals surface area contributed by atoms with Crippen LogP contribution >= 0.6 is 0 Å². The zero-order valence-electron chi connectivity index (χ0n) is 23.8. The summed E-state index contributed by atoms with van der Waals surface area (Å²) < 4.78 is 45.2. The molecule has 258 valence electrons. The minimum atomic E-state index is -4.02. The van der Waals surface area contributed by atoms with E-state index in [1.54, 1.807) is 0 Å². The molecule has 18 N–H and O–H groups in total. The number of carbonyl (C=O) groups excluding carboxylic acids is 1. The molecule has 44 heavy (non-hydrogen) atoms. The second-order valence-electron chi connectivity index (χ2n) is 11.5. The zero-order valence-corrected chi connectivity index (χ0v) is 23.8. The molecule has 2 heterocycles. The van der Waals surface area contributed by atoms with E-state index in [0.717, 1.165) is 0 Å². The van der Waals surface area contributed by atoms with Crippen molar-refractivity contribution in [2.75, 3.05) is 32.8 Å². The molecule has 2 aliphatic heterocycles. The van der Waals surface area contributed by atoms with Gasteiger partial charge in [-0.15, -0.1) is 0 Å². The van der Waals surface area contributed by atoms with Crippen molar-refractivity contribution in [3.8, 4) is 0 Å². The minimum absolute atomic E-state index is 0.0449. The molecule has 2 saturated heterocycles. The number of ether oxygens (including phenoxy) is 3. The third kappa shape index (κ3) is 7.79. The van der Waals surface area contributed by atoms with E-state index in [2.05, 4.69) is 10.6 Å². The Hall–Kier alpha value is -1.31. The summed E-state index contributed by atoms with van der Waals surface area (Å²) in [5.74, 6) is -6.81. The first-order valence-electron chi connectivity index (χ1n) is 14.2. The second kappa shape index (κ2) is 15.5. The number of hydrogen-bond acceptors (Lipinski definition) is 17. The molecule has 2 unspecified atom stereocenters. The highest BCUT2D eigenvalue weighted by Crippen LogP contribution is 2.37. The standard InChI is InChI=1S/C24H46F2N6O12/c25-24(26,6-27)21(40)22(41)32-8-3-7(28)11(20-13(30)17(38)15(36)9(42-20)4-31-1-2-33)16(37)19(8)44-23-18(39)12(29)14(35)10(5-34)43-23/h7-21,23,31,33-40H,1-6,27-30H2,(H,32,41)/t7-,8+,9+,10+,11?,12-,13+,14+,15+,16-,17+,18+,19-,20+,21?,23+/m0/s1. The Morgan fingerprint density at radius 1 is 0.955 bits per heavy atom. The van der Waals surface area contributed by atoms with Crippen LogP contribution in [0.15, 0.2) is 0 Å². The number of aliphatic hydroxyl groups is 8. The summed E-state index contributed by atoms with van der Waals surface area (Å²) in [4.78, 5) is 12.6. The van der Waals surface area contributed by atoms with Gasteiger partial charge in [0.2, 0.25) is 0 Å². The number of rotatable bonds is 12. The van der Waals surface area contributed by atoms with Crippen molar-refractivity contribution in [2.24, 2.45) is 28.9 Å². The fourth-order valence-corrected chi connectivity index (χ4v) is 5.85. The molecule has 0 spiro atoms. The third-order valence-electron chi connectivity index (χ3n) is 8.47. The molecule has 0 aromatic rings. The Kier molecular flexibility index (Phi) is 13.1. The van der Waals surface area contributed by atoms with Gasteiger partial charge in [-0.1, -0.05) is 0 Å². The van der Waals surface area contributed by atoms with Crippen LogP contribution in [0.1, 0.15) is 6.42 Å². The lowest BCUT2D eigenvalue weighted by Gasteiger charge is -2.52.